The molecule has 6 heteroatoms. The number of carbonyl (C=O) groups is 2. The standard InChI is InChI=1S/C26H31N3O3/c1-6-22(20-12-8-10-14-24(20)32-16-26(31)29(4)5)28-25(30)15-21-17(2)19-11-7-9-13-23(19)27-18(21)3/h7-14,22H,6,15-16H2,1-5H3,(H,28,30). The summed E-state index contributed by atoms with van der Waals surface area (Å²) in [6, 6.07) is 15.3. The van der Waals surface area contributed by atoms with Gasteiger partial charge in [0.05, 0.1) is 18.0 Å². The maximum Gasteiger partial charge on any atom is 0.259 e. The minimum atomic E-state index is -0.220. The second kappa shape index (κ2) is 10.3. The second-order valence-electron chi connectivity index (χ2n) is 8.14. The fourth-order valence-corrected chi connectivity index (χ4v) is 3.80. The average molecular weight is 434 g/mol. The van der Waals surface area contributed by atoms with Crippen molar-refractivity contribution in [1.82, 2.24) is 15.2 Å². The summed E-state index contributed by atoms with van der Waals surface area (Å²) in [7, 11) is 3.39. The van der Waals surface area contributed by atoms with Crippen molar-refractivity contribution in [2.75, 3.05) is 20.7 Å². The zero-order chi connectivity index (χ0) is 23.3. The molecule has 2 aromatic carbocycles. The van der Waals surface area contributed by atoms with Crippen molar-refractivity contribution in [1.29, 1.82) is 0 Å². The minimum absolute atomic E-state index is 0.0461. The van der Waals surface area contributed by atoms with Crippen molar-refractivity contribution in [3.05, 3.63) is 70.9 Å². The number of hydrogen-bond acceptors (Lipinski definition) is 4. The SMILES string of the molecule is CCC(NC(=O)Cc1c(C)nc2ccccc2c1C)c1ccccc1OCC(=O)N(C)C. The lowest BCUT2D eigenvalue weighted by Gasteiger charge is -2.22. The molecular weight excluding hydrogens is 402 g/mol. The van der Waals surface area contributed by atoms with E-state index in [1.807, 2.05) is 69.3 Å². The molecule has 3 aromatic rings. The molecule has 0 aliphatic rings. The van der Waals surface area contributed by atoms with Gasteiger partial charge in [-0.15, -0.1) is 0 Å². The van der Waals surface area contributed by atoms with Gasteiger partial charge in [-0.1, -0.05) is 43.3 Å². The van der Waals surface area contributed by atoms with Gasteiger partial charge < -0.3 is 15.0 Å². The monoisotopic (exact) mass is 433 g/mol. The number of nitrogens with zero attached hydrogens (tertiary/aromatic N) is 2. The molecule has 3 rings (SSSR count). The van der Waals surface area contributed by atoms with Crippen LogP contribution in [-0.2, 0) is 16.0 Å². The number of pyridine rings is 1. The Hall–Kier alpha value is -3.41. The molecule has 1 N–H and O–H groups in total. The normalized spacial score (nSPS) is 11.8. The van der Waals surface area contributed by atoms with Gasteiger partial charge in [0.1, 0.15) is 5.75 Å². The van der Waals surface area contributed by atoms with Crippen molar-refractivity contribution in [2.45, 2.75) is 39.7 Å². The van der Waals surface area contributed by atoms with E-state index >= 15 is 0 Å². The Kier molecular flexibility index (Phi) is 7.46. The lowest BCUT2D eigenvalue weighted by Crippen LogP contribution is -2.31. The molecule has 0 fully saturated rings. The van der Waals surface area contributed by atoms with Gasteiger partial charge in [0.2, 0.25) is 5.91 Å². The van der Waals surface area contributed by atoms with Crippen molar-refractivity contribution in [2.24, 2.45) is 0 Å². The van der Waals surface area contributed by atoms with Crippen LogP contribution in [0.15, 0.2) is 48.5 Å². The molecule has 0 radical (unpaired) electrons. The van der Waals surface area contributed by atoms with Crippen LogP contribution in [0.25, 0.3) is 10.9 Å². The maximum atomic E-state index is 13.0. The maximum absolute atomic E-state index is 13.0. The number of rotatable bonds is 8. The molecule has 1 aromatic heterocycles. The smallest absolute Gasteiger partial charge is 0.259 e. The van der Waals surface area contributed by atoms with Crippen LogP contribution in [0.2, 0.25) is 0 Å². The largest absolute Gasteiger partial charge is 0.483 e. The van der Waals surface area contributed by atoms with E-state index in [9.17, 15) is 9.59 Å². The summed E-state index contributed by atoms with van der Waals surface area (Å²) in [6.45, 7) is 5.96. The van der Waals surface area contributed by atoms with Gasteiger partial charge in [-0.25, -0.2) is 0 Å². The van der Waals surface area contributed by atoms with E-state index in [-0.39, 0.29) is 30.9 Å². The van der Waals surface area contributed by atoms with Gasteiger partial charge in [0.25, 0.3) is 5.91 Å². The molecule has 0 spiro atoms. The van der Waals surface area contributed by atoms with Gasteiger partial charge in [0, 0.05) is 30.7 Å². The van der Waals surface area contributed by atoms with Crippen LogP contribution < -0.4 is 10.1 Å². The number of para-hydroxylation sites is 2. The summed E-state index contributed by atoms with van der Waals surface area (Å²) in [4.78, 5) is 31.1. The van der Waals surface area contributed by atoms with E-state index in [4.69, 9.17) is 4.74 Å². The Morgan fingerprint density at radius 1 is 1.06 bits per heavy atom. The predicted molar refractivity (Wildman–Crippen MR) is 127 cm³/mol. The lowest BCUT2D eigenvalue weighted by molar-refractivity contribution is -0.130. The average Bonchev–Trinajstić information content (AvgIpc) is 2.78. The third-order valence-corrected chi connectivity index (χ3v) is 5.71. The summed E-state index contributed by atoms with van der Waals surface area (Å²) in [5, 5.41) is 4.21. The number of hydrogen-bond donors (Lipinski definition) is 1. The zero-order valence-corrected chi connectivity index (χ0v) is 19.4. The van der Waals surface area contributed by atoms with E-state index in [0.29, 0.717) is 12.2 Å². The quantitative estimate of drug-likeness (QED) is 0.580. The summed E-state index contributed by atoms with van der Waals surface area (Å²) in [6.07, 6.45) is 0.954. The van der Waals surface area contributed by atoms with Crippen LogP contribution in [0.3, 0.4) is 0 Å². The number of ether oxygens (including phenoxy) is 1. The summed E-state index contributed by atoms with van der Waals surface area (Å²) in [5.74, 6) is 0.417. The lowest BCUT2D eigenvalue weighted by atomic mass is 9.98. The number of aryl methyl sites for hydroxylation is 2. The summed E-state index contributed by atoms with van der Waals surface area (Å²) in [5.41, 5.74) is 4.71. The van der Waals surface area contributed by atoms with Gasteiger partial charge >= 0.3 is 0 Å². The van der Waals surface area contributed by atoms with Crippen molar-refractivity contribution < 1.29 is 14.3 Å². The first-order chi connectivity index (χ1) is 15.3. The summed E-state index contributed by atoms with van der Waals surface area (Å²) >= 11 is 0. The van der Waals surface area contributed by atoms with E-state index < -0.39 is 0 Å². The van der Waals surface area contributed by atoms with Gasteiger partial charge in [-0.05, 0) is 43.5 Å². The first kappa shape index (κ1) is 23.3. The van der Waals surface area contributed by atoms with Crippen LogP contribution in [0.4, 0.5) is 0 Å². The molecule has 6 nitrogen and oxygen atoms in total. The van der Waals surface area contributed by atoms with E-state index in [0.717, 1.165) is 33.3 Å². The van der Waals surface area contributed by atoms with Crippen LogP contribution >= 0.6 is 0 Å². The van der Waals surface area contributed by atoms with Crippen LogP contribution in [0, 0.1) is 13.8 Å². The van der Waals surface area contributed by atoms with Crippen molar-refractivity contribution in [3.63, 3.8) is 0 Å². The highest BCUT2D eigenvalue weighted by molar-refractivity contribution is 5.86. The molecule has 168 valence electrons. The molecule has 0 saturated carbocycles. The molecule has 0 bridgehead atoms. The fraction of sp³-hybridized carbons (Fsp3) is 0.346. The fourth-order valence-electron chi connectivity index (χ4n) is 3.80. The van der Waals surface area contributed by atoms with E-state index in [1.165, 1.54) is 4.90 Å². The number of likely N-dealkylation sites (N-methyl/N-ethyl adjacent to an activating group) is 1. The number of nitrogens with one attached hydrogen (secondary N) is 1. The second-order valence-corrected chi connectivity index (χ2v) is 8.14. The highest BCUT2D eigenvalue weighted by Crippen LogP contribution is 2.28. The molecule has 1 unspecified atom stereocenters. The molecule has 0 saturated heterocycles. The van der Waals surface area contributed by atoms with E-state index in [1.54, 1.807) is 14.1 Å². The van der Waals surface area contributed by atoms with Crippen LogP contribution in [0.1, 0.15) is 41.8 Å². The number of benzene rings is 2. The van der Waals surface area contributed by atoms with Crippen LogP contribution in [-0.4, -0.2) is 42.4 Å². The molecule has 2 amide bonds. The number of carbonyl (C=O) groups excluding carboxylic acids is 2. The van der Waals surface area contributed by atoms with Gasteiger partial charge in [-0.2, -0.15) is 0 Å². The topological polar surface area (TPSA) is 71.5 Å². The Morgan fingerprint density at radius 2 is 1.75 bits per heavy atom. The summed E-state index contributed by atoms with van der Waals surface area (Å²) < 4.78 is 5.78. The minimum Gasteiger partial charge on any atom is -0.483 e. The van der Waals surface area contributed by atoms with Crippen molar-refractivity contribution in [3.8, 4) is 5.75 Å². The molecule has 0 aliphatic carbocycles. The van der Waals surface area contributed by atoms with E-state index in [2.05, 4.69) is 10.3 Å². The molecule has 1 heterocycles. The number of fused-ring (bicyclic) bond motifs is 1. The third kappa shape index (κ3) is 5.25. The van der Waals surface area contributed by atoms with Crippen LogP contribution in [0.5, 0.6) is 5.75 Å². The van der Waals surface area contributed by atoms with Gasteiger partial charge in [-0.3, -0.25) is 14.6 Å². The molecule has 32 heavy (non-hydrogen) atoms. The Morgan fingerprint density at radius 3 is 2.47 bits per heavy atom. The van der Waals surface area contributed by atoms with Crippen molar-refractivity contribution >= 4 is 22.7 Å². The highest BCUT2D eigenvalue weighted by Gasteiger charge is 2.20. The predicted octanol–water partition coefficient (Wildman–Crippen LogP) is 4.13. The first-order valence-corrected chi connectivity index (χ1v) is 10.9. The Bertz CT molecular complexity index is 1120. The molecule has 0 aliphatic heterocycles. The van der Waals surface area contributed by atoms with Gasteiger partial charge in [0.15, 0.2) is 6.61 Å². The zero-order valence-electron chi connectivity index (χ0n) is 19.4. The highest BCUT2D eigenvalue weighted by atomic mass is 16.5. The Labute approximate surface area is 189 Å². The first-order valence-electron chi connectivity index (χ1n) is 10.9. The number of aromatic nitrogens is 1. The molecular formula is C26H31N3O3. The molecule has 1 atom stereocenters. The third-order valence-electron chi connectivity index (χ3n) is 5.71. The Balaban J connectivity index is 1.78. The number of amides is 2.